The van der Waals surface area contributed by atoms with Crippen molar-refractivity contribution >= 4 is 11.8 Å². The van der Waals surface area contributed by atoms with Gasteiger partial charge in [-0.15, -0.1) is 0 Å². The SMILES string of the molecule is C[C@@]12CC[C@H]3[C@H](CCC4=CC(=O)CC[C@@]43C)[C@H]1CCC(=O)O2. The van der Waals surface area contributed by atoms with Crippen LogP contribution in [0.4, 0.5) is 0 Å². The van der Waals surface area contributed by atoms with Gasteiger partial charge in [0.25, 0.3) is 0 Å². The highest BCUT2D eigenvalue weighted by atomic mass is 16.6. The summed E-state index contributed by atoms with van der Waals surface area (Å²) in [4.78, 5) is 23.5. The van der Waals surface area contributed by atoms with Gasteiger partial charge in [0, 0.05) is 18.8 Å². The molecule has 4 rings (SSSR count). The van der Waals surface area contributed by atoms with E-state index >= 15 is 0 Å². The molecule has 22 heavy (non-hydrogen) atoms. The summed E-state index contributed by atoms with van der Waals surface area (Å²) in [5, 5.41) is 0. The predicted octanol–water partition coefficient (Wildman–Crippen LogP) is 3.81. The van der Waals surface area contributed by atoms with Gasteiger partial charge in [-0.2, -0.15) is 0 Å². The van der Waals surface area contributed by atoms with E-state index < -0.39 is 0 Å². The molecule has 0 bridgehead atoms. The molecule has 0 unspecified atom stereocenters. The highest BCUT2D eigenvalue weighted by Gasteiger charge is 2.57. The normalized spacial score (nSPS) is 47.7. The predicted molar refractivity (Wildman–Crippen MR) is 83.1 cm³/mol. The van der Waals surface area contributed by atoms with Gasteiger partial charge in [-0.3, -0.25) is 9.59 Å². The third kappa shape index (κ3) is 1.93. The first-order valence-electron chi connectivity index (χ1n) is 8.88. The Morgan fingerprint density at radius 1 is 1.00 bits per heavy atom. The molecule has 0 aromatic heterocycles. The van der Waals surface area contributed by atoms with Crippen molar-refractivity contribution in [3.63, 3.8) is 0 Å². The molecule has 0 spiro atoms. The Morgan fingerprint density at radius 3 is 2.64 bits per heavy atom. The summed E-state index contributed by atoms with van der Waals surface area (Å²) in [6, 6.07) is 0. The fourth-order valence-corrected chi connectivity index (χ4v) is 6.08. The first-order valence-corrected chi connectivity index (χ1v) is 8.88. The van der Waals surface area contributed by atoms with Crippen LogP contribution in [-0.4, -0.2) is 17.4 Å². The van der Waals surface area contributed by atoms with Crippen LogP contribution in [0.25, 0.3) is 0 Å². The first-order chi connectivity index (χ1) is 10.4. The van der Waals surface area contributed by atoms with Crippen molar-refractivity contribution in [2.75, 3.05) is 0 Å². The molecule has 2 saturated carbocycles. The Kier molecular flexibility index (Phi) is 3.08. The Bertz CT molecular complexity index is 563. The van der Waals surface area contributed by atoms with E-state index in [2.05, 4.69) is 13.8 Å². The van der Waals surface area contributed by atoms with E-state index in [1.54, 1.807) is 0 Å². The Morgan fingerprint density at radius 2 is 1.82 bits per heavy atom. The Hall–Kier alpha value is -1.12. The Balaban J connectivity index is 1.67. The third-order valence-electron chi connectivity index (χ3n) is 7.30. The van der Waals surface area contributed by atoms with Crippen LogP contribution >= 0.6 is 0 Å². The first kappa shape index (κ1) is 14.5. The summed E-state index contributed by atoms with van der Waals surface area (Å²) in [7, 11) is 0. The number of fused-ring (bicyclic) bond motifs is 5. The van der Waals surface area contributed by atoms with Crippen LogP contribution in [0.15, 0.2) is 11.6 Å². The van der Waals surface area contributed by atoms with Gasteiger partial charge >= 0.3 is 5.97 Å². The van der Waals surface area contributed by atoms with Gasteiger partial charge in [-0.1, -0.05) is 12.5 Å². The van der Waals surface area contributed by atoms with Gasteiger partial charge in [0.2, 0.25) is 0 Å². The molecule has 0 amide bonds. The topological polar surface area (TPSA) is 43.4 Å². The van der Waals surface area contributed by atoms with Crippen molar-refractivity contribution in [1.29, 1.82) is 0 Å². The molecule has 1 heterocycles. The average Bonchev–Trinajstić information content (AvgIpc) is 2.46. The van der Waals surface area contributed by atoms with Gasteiger partial charge in [0.1, 0.15) is 5.60 Å². The van der Waals surface area contributed by atoms with Crippen molar-refractivity contribution in [2.45, 2.75) is 70.8 Å². The second-order valence-corrected chi connectivity index (χ2v) is 8.33. The summed E-state index contributed by atoms with van der Waals surface area (Å²) in [6.45, 7) is 4.54. The van der Waals surface area contributed by atoms with Crippen molar-refractivity contribution in [1.82, 2.24) is 0 Å². The van der Waals surface area contributed by atoms with Crippen LogP contribution in [0.5, 0.6) is 0 Å². The number of carbonyl (C=O) groups is 2. The molecular weight excluding hydrogens is 276 g/mol. The molecular formula is C19H26O3. The molecule has 120 valence electrons. The van der Waals surface area contributed by atoms with Crippen LogP contribution in [-0.2, 0) is 14.3 Å². The lowest BCUT2D eigenvalue weighted by molar-refractivity contribution is -0.194. The molecule has 1 saturated heterocycles. The smallest absolute Gasteiger partial charge is 0.306 e. The molecule has 0 aromatic rings. The molecule has 1 aliphatic heterocycles. The van der Waals surface area contributed by atoms with Crippen LogP contribution < -0.4 is 0 Å². The number of ether oxygens (including phenoxy) is 1. The second-order valence-electron chi connectivity index (χ2n) is 8.33. The fraction of sp³-hybridized carbons (Fsp3) is 0.789. The van der Waals surface area contributed by atoms with Crippen LogP contribution in [0.3, 0.4) is 0 Å². The number of allylic oxidation sites excluding steroid dienone is 2. The van der Waals surface area contributed by atoms with Gasteiger partial charge < -0.3 is 4.74 Å². The molecule has 0 radical (unpaired) electrons. The van der Waals surface area contributed by atoms with E-state index in [1.165, 1.54) is 5.57 Å². The maximum Gasteiger partial charge on any atom is 0.306 e. The Labute approximate surface area is 132 Å². The van der Waals surface area contributed by atoms with E-state index in [0.29, 0.717) is 36.4 Å². The van der Waals surface area contributed by atoms with Crippen molar-refractivity contribution < 1.29 is 14.3 Å². The molecule has 3 heteroatoms. The molecule has 0 N–H and O–H groups in total. The molecule has 5 atom stereocenters. The van der Waals surface area contributed by atoms with E-state index in [0.717, 1.165) is 38.5 Å². The van der Waals surface area contributed by atoms with Gasteiger partial charge in [-0.05, 0) is 68.8 Å². The minimum atomic E-state index is -0.238. The van der Waals surface area contributed by atoms with Crippen molar-refractivity contribution in [2.24, 2.45) is 23.2 Å². The molecule has 3 fully saturated rings. The lowest BCUT2D eigenvalue weighted by atomic mass is 9.48. The lowest BCUT2D eigenvalue weighted by Crippen LogP contribution is -2.56. The minimum absolute atomic E-state index is 0.0110. The summed E-state index contributed by atoms with van der Waals surface area (Å²) >= 11 is 0. The summed E-state index contributed by atoms with van der Waals surface area (Å²) in [5.74, 6) is 2.14. The fourth-order valence-electron chi connectivity index (χ4n) is 6.08. The van der Waals surface area contributed by atoms with E-state index in [4.69, 9.17) is 4.74 Å². The van der Waals surface area contributed by atoms with Gasteiger partial charge in [-0.25, -0.2) is 0 Å². The maximum atomic E-state index is 11.8. The zero-order valence-corrected chi connectivity index (χ0v) is 13.7. The van der Waals surface area contributed by atoms with Gasteiger partial charge in [0.15, 0.2) is 5.78 Å². The second kappa shape index (κ2) is 4.69. The monoisotopic (exact) mass is 302 g/mol. The van der Waals surface area contributed by atoms with Crippen LogP contribution in [0, 0.1) is 23.2 Å². The third-order valence-corrected chi connectivity index (χ3v) is 7.30. The number of hydrogen-bond donors (Lipinski definition) is 0. The average molecular weight is 302 g/mol. The summed E-state index contributed by atoms with van der Waals surface area (Å²) in [6.07, 6.45) is 9.60. The molecule has 3 aliphatic carbocycles. The van der Waals surface area contributed by atoms with Crippen molar-refractivity contribution in [3.05, 3.63) is 11.6 Å². The van der Waals surface area contributed by atoms with E-state index in [9.17, 15) is 9.59 Å². The highest BCUT2D eigenvalue weighted by Crippen LogP contribution is 2.61. The number of rotatable bonds is 0. The zero-order valence-electron chi connectivity index (χ0n) is 13.7. The van der Waals surface area contributed by atoms with Crippen LogP contribution in [0.1, 0.15) is 65.2 Å². The number of hydrogen-bond acceptors (Lipinski definition) is 3. The largest absolute Gasteiger partial charge is 0.459 e. The minimum Gasteiger partial charge on any atom is -0.459 e. The molecule has 4 aliphatic rings. The van der Waals surface area contributed by atoms with Gasteiger partial charge in [0.05, 0.1) is 0 Å². The number of ketones is 1. The van der Waals surface area contributed by atoms with E-state index in [-0.39, 0.29) is 17.0 Å². The molecule has 3 nitrogen and oxygen atoms in total. The maximum absolute atomic E-state index is 11.8. The molecule has 0 aromatic carbocycles. The highest BCUT2D eigenvalue weighted by molar-refractivity contribution is 5.91. The van der Waals surface area contributed by atoms with E-state index in [1.807, 2.05) is 6.08 Å². The number of esters is 1. The summed E-state index contributed by atoms with van der Waals surface area (Å²) < 4.78 is 5.81. The lowest BCUT2D eigenvalue weighted by Gasteiger charge is -2.59. The quantitative estimate of drug-likeness (QED) is 0.639. The number of carbonyl (C=O) groups excluding carboxylic acids is 2. The van der Waals surface area contributed by atoms with Crippen LogP contribution in [0.2, 0.25) is 0 Å². The zero-order chi connectivity index (χ0) is 15.5. The summed E-state index contributed by atoms with van der Waals surface area (Å²) in [5.41, 5.74) is 1.37. The van der Waals surface area contributed by atoms with Crippen molar-refractivity contribution in [3.8, 4) is 0 Å². The standard InChI is InChI=1S/C19H26O3/c1-18-9-7-13(20)11-12(18)3-4-14-15(18)8-10-19(2)16(14)5-6-17(21)22-19/h11,14-16H,3-10H2,1-2H3/t14-,15-,16+,18-,19+/m0/s1.